The average Bonchev–Trinajstić information content (AvgIpc) is 2.48. The minimum atomic E-state index is -0.0538. The van der Waals surface area contributed by atoms with Crippen LogP contribution in [0, 0.1) is 13.8 Å². The molecule has 1 aliphatic rings. The van der Waals surface area contributed by atoms with Gasteiger partial charge in [0, 0.05) is 24.3 Å². The number of benzene rings is 1. The second-order valence-electron chi connectivity index (χ2n) is 7.60. The first-order valence-electron chi connectivity index (χ1n) is 8.72. The maximum absolute atomic E-state index is 6.08. The number of aryl methyl sites for hydroxylation is 2. The third kappa shape index (κ3) is 6.42. The highest BCUT2D eigenvalue weighted by Crippen LogP contribution is 2.21. The molecule has 0 saturated carbocycles. The van der Waals surface area contributed by atoms with E-state index in [1.54, 1.807) is 0 Å². The van der Waals surface area contributed by atoms with Gasteiger partial charge in [-0.1, -0.05) is 6.07 Å². The summed E-state index contributed by atoms with van der Waals surface area (Å²) >= 11 is 0. The fraction of sp³-hybridized carbons (Fsp3) is 0.632. The van der Waals surface area contributed by atoms with E-state index in [4.69, 9.17) is 10.5 Å². The lowest BCUT2D eigenvalue weighted by Gasteiger charge is -2.44. The van der Waals surface area contributed by atoms with Crippen LogP contribution in [0.1, 0.15) is 38.8 Å². The number of morpholine rings is 1. The van der Waals surface area contributed by atoms with Gasteiger partial charge in [-0.2, -0.15) is 0 Å². The molecule has 0 aromatic heterocycles. The van der Waals surface area contributed by atoms with E-state index in [0.717, 1.165) is 18.8 Å². The molecule has 2 unspecified atom stereocenters. The van der Waals surface area contributed by atoms with E-state index < -0.39 is 0 Å². The third-order valence-electron chi connectivity index (χ3n) is 4.69. The van der Waals surface area contributed by atoms with E-state index in [9.17, 15) is 0 Å². The second kappa shape index (κ2) is 9.19. The number of rotatable bonds is 4. The Morgan fingerprint density at radius 1 is 1.24 bits per heavy atom. The molecule has 25 heavy (non-hydrogen) atoms. The van der Waals surface area contributed by atoms with Crippen LogP contribution in [0.15, 0.2) is 23.2 Å². The molecule has 5 nitrogen and oxygen atoms in total. The standard InChI is InChI=1S/C19H32N4O.HI/c1-13-7-8-17(9-14(13)2)22-18(20)21-12-19(5,6)23-10-15(3)24-16(4)11-23;/h7-9,15-16H,10-12H2,1-6H3,(H3,20,21,22);1H. The minimum Gasteiger partial charge on any atom is -0.373 e. The highest BCUT2D eigenvalue weighted by atomic mass is 127. The second-order valence-corrected chi connectivity index (χ2v) is 7.60. The van der Waals surface area contributed by atoms with Gasteiger partial charge in [-0.3, -0.25) is 9.89 Å². The van der Waals surface area contributed by atoms with Crippen molar-refractivity contribution in [2.75, 3.05) is 25.0 Å². The van der Waals surface area contributed by atoms with Crippen molar-refractivity contribution < 1.29 is 4.74 Å². The van der Waals surface area contributed by atoms with E-state index in [-0.39, 0.29) is 41.7 Å². The highest BCUT2D eigenvalue weighted by Gasteiger charge is 2.33. The summed E-state index contributed by atoms with van der Waals surface area (Å²) in [6, 6.07) is 6.21. The number of guanidine groups is 1. The van der Waals surface area contributed by atoms with Gasteiger partial charge in [-0.15, -0.1) is 24.0 Å². The molecule has 3 N–H and O–H groups in total. The molecular formula is C19H33IN4O. The van der Waals surface area contributed by atoms with Gasteiger partial charge in [0.2, 0.25) is 0 Å². The molecule has 1 fully saturated rings. The molecule has 1 saturated heterocycles. The first kappa shape index (κ1) is 22.2. The predicted molar refractivity (Wildman–Crippen MR) is 117 cm³/mol. The summed E-state index contributed by atoms with van der Waals surface area (Å²) < 4.78 is 5.82. The van der Waals surface area contributed by atoms with Crippen LogP contribution in [0.5, 0.6) is 0 Å². The summed E-state index contributed by atoms with van der Waals surface area (Å²) in [6.45, 7) is 15.4. The van der Waals surface area contributed by atoms with Gasteiger partial charge in [0.1, 0.15) is 0 Å². The summed E-state index contributed by atoms with van der Waals surface area (Å²) in [7, 11) is 0. The van der Waals surface area contributed by atoms with Crippen molar-refractivity contribution in [1.82, 2.24) is 4.90 Å². The van der Waals surface area contributed by atoms with Crippen LogP contribution >= 0.6 is 24.0 Å². The normalized spacial score (nSPS) is 22.4. The molecule has 0 radical (unpaired) electrons. The number of nitrogens with one attached hydrogen (secondary N) is 1. The molecular weight excluding hydrogens is 427 g/mol. The van der Waals surface area contributed by atoms with Crippen molar-refractivity contribution >= 4 is 35.6 Å². The Morgan fingerprint density at radius 2 is 1.84 bits per heavy atom. The SMILES string of the molecule is Cc1ccc(NC(N)=NCC(C)(C)N2CC(C)OC(C)C2)cc1C.I. The Morgan fingerprint density at radius 3 is 2.40 bits per heavy atom. The first-order chi connectivity index (χ1) is 11.2. The van der Waals surface area contributed by atoms with Crippen LogP contribution in [0.2, 0.25) is 0 Å². The van der Waals surface area contributed by atoms with E-state index in [2.05, 4.69) is 68.9 Å². The zero-order valence-corrected chi connectivity index (χ0v) is 18.6. The molecule has 1 aliphatic heterocycles. The van der Waals surface area contributed by atoms with Crippen molar-refractivity contribution in [2.24, 2.45) is 10.7 Å². The number of anilines is 1. The van der Waals surface area contributed by atoms with Crippen molar-refractivity contribution in [3.8, 4) is 0 Å². The molecule has 0 amide bonds. The summed E-state index contributed by atoms with van der Waals surface area (Å²) in [4.78, 5) is 7.01. The fourth-order valence-electron chi connectivity index (χ4n) is 3.06. The number of nitrogens with two attached hydrogens (primary N) is 1. The fourth-order valence-corrected chi connectivity index (χ4v) is 3.06. The van der Waals surface area contributed by atoms with Gasteiger partial charge >= 0.3 is 0 Å². The molecule has 1 heterocycles. The Hall–Kier alpha value is -0.860. The summed E-state index contributed by atoms with van der Waals surface area (Å²) in [5.74, 6) is 0.459. The zero-order valence-electron chi connectivity index (χ0n) is 16.3. The van der Waals surface area contributed by atoms with Gasteiger partial charge in [-0.25, -0.2) is 0 Å². The molecule has 1 aromatic rings. The predicted octanol–water partition coefficient (Wildman–Crippen LogP) is 3.54. The van der Waals surface area contributed by atoms with Gasteiger partial charge in [-0.05, 0) is 64.8 Å². The molecule has 0 spiro atoms. The Balaban J connectivity index is 0.00000312. The van der Waals surface area contributed by atoms with Crippen molar-refractivity contribution in [2.45, 2.75) is 59.3 Å². The maximum Gasteiger partial charge on any atom is 0.193 e. The summed E-state index contributed by atoms with van der Waals surface area (Å²) in [5.41, 5.74) is 9.52. The highest BCUT2D eigenvalue weighted by molar-refractivity contribution is 14.0. The van der Waals surface area contributed by atoms with Crippen LogP contribution in [0.25, 0.3) is 0 Å². The van der Waals surface area contributed by atoms with Crippen molar-refractivity contribution in [1.29, 1.82) is 0 Å². The van der Waals surface area contributed by atoms with Gasteiger partial charge in [0.05, 0.1) is 18.8 Å². The zero-order chi connectivity index (χ0) is 17.9. The van der Waals surface area contributed by atoms with E-state index in [1.165, 1.54) is 11.1 Å². The largest absolute Gasteiger partial charge is 0.373 e. The molecule has 2 rings (SSSR count). The minimum absolute atomic E-state index is 0. The average molecular weight is 460 g/mol. The first-order valence-corrected chi connectivity index (χ1v) is 8.72. The van der Waals surface area contributed by atoms with Crippen molar-refractivity contribution in [3.05, 3.63) is 29.3 Å². The molecule has 0 bridgehead atoms. The summed E-state index contributed by atoms with van der Waals surface area (Å²) in [5, 5.41) is 3.19. The number of hydrogen-bond acceptors (Lipinski definition) is 3. The number of nitrogens with zero attached hydrogens (tertiary/aromatic N) is 2. The number of hydrogen-bond donors (Lipinski definition) is 2. The van der Waals surface area contributed by atoms with E-state index in [1.807, 2.05) is 6.07 Å². The van der Waals surface area contributed by atoms with Crippen LogP contribution in [-0.4, -0.2) is 48.2 Å². The molecule has 6 heteroatoms. The quantitative estimate of drug-likeness (QED) is 0.410. The van der Waals surface area contributed by atoms with Gasteiger partial charge in [0.15, 0.2) is 5.96 Å². The van der Waals surface area contributed by atoms with Gasteiger partial charge in [0.25, 0.3) is 0 Å². The Bertz CT molecular complexity index is 593. The van der Waals surface area contributed by atoms with Gasteiger partial charge < -0.3 is 15.8 Å². The summed E-state index contributed by atoms with van der Waals surface area (Å²) in [6.07, 6.45) is 0.506. The third-order valence-corrected chi connectivity index (χ3v) is 4.69. The topological polar surface area (TPSA) is 62.9 Å². The number of aliphatic imine (C=N–C) groups is 1. The van der Waals surface area contributed by atoms with Crippen molar-refractivity contribution in [3.63, 3.8) is 0 Å². The Kier molecular flexibility index (Phi) is 8.15. The lowest BCUT2D eigenvalue weighted by molar-refractivity contribution is -0.0939. The van der Waals surface area contributed by atoms with Crippen LogP contribution in [0.4, 0.5) is 5.69 Å². The number of ether oxygens (including phenoxy) is 1. The maximum atomic E-state index is 6.08. The van der Waals surface area contributed by atoms with E-state index >= 15 is 0 Å². The number of halogens is 1. The van der Waals surface area contributed by atoms with Crippen LogP contribution < -0.4 is 11.1 Å². The molecule has 0 aliphatic carbocycles. The molecule has 2 atom stereocenters. The lowest BCUT2D eigenvalue weighted by atomic mass is 10.0. The lowest BCUT2D eigenvalue weighted by Crippen LogP contribution is -2.56. The molecule has 142 valence electrons. The van der Waals surface area contributed by atoms with E-state index in [0.29, 0.717) is 12.5 Å². The van der Waals surface area contributed by atoms with Crippen LogP contribution in [-0.2, 0) is 4.74 Å². The molecule has 1 aromatic carbocycles. The Labute approximate surface area is 169 Å². The smallest absolute Gasteiger partial charge is 0.193 e. The van der Waals surface area contributed by atoms with Crippen LogP contribution in [0.3, 0.4) is 0 Å². The monoisotopic (exact) mass is 460 g/mol.